The summed E-state index contributed by atoms with van der Waals surface area (Å²) in [5.41, 5.74) is 2.00. The molecule has 0 aliphatic carbocycles. The monoisotopic (exact) mass is 472 g/mol. The predicted octanol–water partition coefficient (Wildman–Crippen LogP) is 4.00. The number of benzene rings is 2. The minimum absolute atomic E-state index is 0.000424. The van der Waals surface area contributed by atoms with Crippen LogP contribution in [0.25, 0.3) is 6.08 Å². The van der Waals surface area contributed by atoms with Crippen LogP contribution >= 0.6 is 15.9 Å². The molecule has 2 aromatic carbocycles. The highest BCUT2D eigenvalue weighted by molar-refractivity contribution is 9.10. The Morgan fingerprint density at radius 2 is 1.72 bits per heavy atom. The van der Waals surface area contributed by atoms with Gasteiger partial charge in [0, 0.05) is 28.1 Å². The van der Waals surface area contributed by atoms with Crippen molar-refractivity contribution in [2.75, 3.05) is 10.0 Å². The van der Waals surface area contributed by atoms with Crippen molar-refractivity contribution >= 4 is 49.6 Å². The molecule has 3 aromatic rings. The van der Waals surface area contributed by atoms with Crippen molar-refractivity contribution in [2.24, 2.45) is 0 Å². The molecule has 29 heavy (non-hydrogen) atoms. The largest absolute Gasteiger partial charge is 0.323 e. The third-order valence-electron chi connectivity index (χ3n) is 3.75. The molecule has 0 fully saturated rings. The Morgan fingerprint density at radius 1 is 1.03 bits per heavy atom. The van der Waals surface area contributed by atoms with Crippen molar-refractivity contribution in [3.63, 3.8) is 0 Å². The Hall–Kier alpha value is -3.04. The van der Waals surface area contributed by atoms with E-state index in [2.05, 4.69) is 35.9 Å². The maximum atomic E-state index is 12.4. The normalized spacial score (nSPS) is 11.4. The van der Waals surface area contributed by atoms with E-state index in [4.69, 9.17) is 0 Å². The van der Waals surface area contributed by atoms with E-state index < -0.39 is 10.0 Å². The maximum absolute atomic E-state index is 12.4. The zero-order valence-corrected chi connectivity index (χ0v) is 17.7. The quantitative estimate of drug-likeness (QED) is 0.527. The molecular formula is C20H17BrN4O3S. The molecule has 0 aliphatic heterocycles. The van der Waals surface area contributed by atoms with E-state index in [-0.39, 0.29) is 16.8 Å². The Labute approximate surface area is 177 Å². The summed E-state index contributed by atoms with van der Waals surface area (Å²) in [6.07, 6.45) is 4.57. The highest BCUT2D eigenvalue weighted by Crippen LogP contribution is 2.17. The number of anilines is 2. The topological polar surface area (TPSA) is 101 Å². The molecule has 0 radical (unpaired) electrons. The number of aromatic nitrogens is 2. The fraction of sp³-hybridized carbons (Fsp3) is 0.0500. The van der Waals surface area contributed by atoms with Gasteiger partial charge in [-0.25, -0.2) is 23.1 Å². The zero-order chi connectivity index (χ0) is 20.9. The Kier molecular flexibility index (Phi) is 6.40. The van der Waals surface area contributed by atoms with Gasteiger partial charge in [-0.05, 0) is 61.0 Å². The molecule has 1 heterocycles. The molecule has 1 aromatic heterocycles. The van der Waals surface area contributed by atoms with Gasteiger partial charge in [0.15, 0.2) is 0 Å². The van der Waals surface area contributed by atoms with Crippen molar-refractivity contribution < 1.29 is 13.2 Å². The number of carbonyl (C=O) groups excluding carboxylic acids is 1. The summed E-state index contributed by atoms with van der Waals surface area (Å²) < 4.78 is 28.2. The number of nitrogens with zero attached hydrogens (tertiary/aromatic N) is 2. The zero-order valence-electron chi connectivity index (χ0n) is 15.3. The molecule has 7 nitrogen and oxygen atoms in total. The second-order valence-electron chi connectivity index (χ2n) is 6.03. The molecule has 148 valence electrons. The van der Waals surface area contributed by atoms with Crippen LogP contribution in [0.5, 0.6) is 0 Å². The Balaban J connectivity index is 1.64. The highest BCUT2D eigenvalue weighted by Gasteiger charge is 2.15. The van der Waals surface area contributed by atoms with Gasteiger partial charge in [-0.15, -0.1) is 0 Å². The standard InChI is InChI=1S/C20H17BrN4O3S/c1-14-12-13-22-20(23-14)25-29(27,28)18-9-7-17(8-10-18)24-19(26)11-4-15-2-5-16(21)6-3-15/h2-13H,1H3,(H,24,26)(H,22,23,25)/b11-4+. The summed E-state index contributed by atoms with van der Waals surface area (Å²) in [4.78, 5) is 20.0. The van der Waals surface area contributed by atoms with Crippen molar-refractivity contribution in [2.45, 2.75) is 11.8 Å². The molecular weight excluding hydrogens is 456 g/mol. The third kappa shape index (κ3) is 5.97. The number of hydrogen-bond donors (Lipinski definition) is 2. The molecule has 0 spiro atoms. The summed E-state index contributed by atoms with van der Waals surface area (Å²) in [5.74, 6) is -0.324. The molecule has 1 amide bonds. The number of sulfonamides is 1. The number of rotatable bonds is 6. The van der Waals surface area contributed by atoms with Gasteiger partial charge in [-0.1, -0.05) is 28.1 Å². The first kappa shape index (κ1) is 20.7. The lowest BCUT2D eigenvalue weighted by Crippen LogP contribution is -2.15. The van der Waals surface area contributed by atoms with Crippen LogP contribution in [0.15, 0.2) is 76.2 Å². The van der Waals surface area contributed by atoms with Crippen LogP contribution in [0.3, 0.4) is 0 Å². The molecule has 0 unspecified atom stereocenters. The number of amides is 1. The number of hydrogen-bond acceptors (Lipinski definition) is 5. The number of aryl methyl sites for hydroxylation is 1. The average molecular weight is 473 g/mol. The summed E-state index contributed by atoms with van der Waals surface area (Å²) in [7, 11) is -3.83. The van der Waals surface area contributed by atoms with Gasteiger partial charge in [0.2, 0.25) is 11.9 Å². The maximum Gasteiger partial charge on any atom is 0.264 e. The SMILES string of the molecule is Cc1ccnc(NS(=O)(=O)c2ccc(NC(=O)/C=C/c3ccc(Br)cc3)cc2)n1. The number of halogens is 1. The molecule has 0 atom stereocenters. The Morgan fingerprint density at radius 3 is 2.38 bits per heavy atom. The van der Waals surface area contributed by atoms with E-state index in [0.717, 1.165) is 10.0 Å². The van der Waals surface area contributed by atoms with Crippen molar-refractivity contribution in [1.82, 2.24) is 9.97 Å². The summed E-state index contributed by atoms with van der Waals surface area (Å²) in [6.45, 7) is 1.74. The van der Waals surface area contributed by atoms with Gasteiger partial charge in [0.05, 0.1) is 4.90 Å². The van der Waals surface area contributed by atoms with E-state index >= 15 is 0 Å². The van der Waals surface area contributed by atoms with Crippen LogP contribution in [0.4, 0.5) is 11.6 Å². The van der Waals surface area contributed by atoms with Gasteiger partial charge < -0.3 is 5.32 Å². The molecule has 0 aliphatic rings. The lowest BCUT2D eigenvalue weighted by atomic mass is 10.2. The van der Waals surface area contributed by atoms with E-state index in [0.29, 0.717) is 11.4 Å². The first-order valence-electron chi connectivity index (χ1n) is 8.49. The predicted molar refractivity (Wildman–Crippen MR) is 116 cm³/mol. The van der Waals surface area contributed by atoms with Crippen molar-refractivity contribution in [1.29, 1.82) is 0 Å². The minimum Gasteiger partial charge on any atom is -0.323 e. The second-order valence-corrected chi connectivity index (χ2v) is 8.62. The van der Waals surface area contributed by atoms with E-state index in [1.54, 1.807) is 19.1 Å². The summed E-state index contributed by atoms with van der Waals surface area (Å²) >= 11 is 3.35. The first-order chi connectivity index (χ1) is 13.8. The van der Waals surface area contributed by atoms with Crippen LogP contribution in [-0.2, 0) is 14.8 Å². The van der Waals surface area contributed by atoms with Gasteiger partial charge in [-0.3, -0.25) is 4.79 Å². The van der Waals surface area contributed by atoms with E-state index in [1.165, 1.54) is 36.5 Å². The van der Waals surface area contributed by atoms with Gasteiger partial charge in [0.1, 0.15) is 0 Å². The highest BCUT2D eigenvalue weighted by atomic mass is 79.9. The number of nitrogens with one attached hydrogen (secondary N) is 2. The van der Waals surface area contributed by atoms with E-state index in [1.807, 2.05) is 24.3 Å². The fourth-order valence-corrected chi connectivity index (χ4v) is 3.54. The second kappa shape index (κ2) is 8.97. The minimum atomic E-state index is -3.83. The van der Waals surface area contributed by atoms with Crippen molar-refractivity contribution in [3.8, 4) is 0 Å². The molecule has 0 saturated carbocycles. The molecule has 3 rings (SSSR count). The van der Waals surface area contributed by atoms with E-state index in [9.17, 15) is 13.2 Å². The van der Waals surface area contributed by atoms with Gasteiger partial charge >= 0.3 is 0 Å². The molecule has 0 bridgehead atoms. The third-order valence-corrected chi connectivity index (χ3v) is 5.62. The fourth-order valence-electron chi connectivity index (χ4n) is 2.32. The Bertz CT molecular complexity index is 1150. The lowest BCUT2D eigenvalue weighted by molar-refractivity contribution is -0.111. The smallest absolute Gasteiger partial charge is 0.264 e. The first-order valence-corrected chi connectivity index (χ1v) is 10.8. The van der Waals surface area contributed by atoms with Crippen LogP contribution in [0, 0.1) is 6.92 Å². The molecule has 2 N–H and O–H groups in total. The summed E-state index contributed by atoms with van der Waals surface area (Å²) in [5, 5.41) is 2.68. The van der Waals surface area contributed by atoms with Crippen LogP contribution in [0.1, 0.15) is 11.3 Å². The van der Waals surface area contributed by atoms with Gasteiger partial charge in [-0.2, -0.15) is 0 Å². The van der Waals surface area contributed by atoms with Crippen LogP contribution in [-0.4, -0.2) is 24.3 Å². The summed E-state index contributed by atoms with van der Waals surface area (Å²) in [6, 6.07) is 15.0. The van der Waals surface area contributed by atoms with Crippen LogP contribution in [0.2, 0.25) is 0 Å². The number of carbonyl (C=O) groups is 1. The van der Waals surface area contributed by atoms with Crippen molar-refractivity contribution in [3.05, 3.63) is 82.6 Å². The molecule has 9 heteroatoms. The lowest BCUT2D eigenvalue weighted by Gasteiger charge is -2.08. The molecule has 0 saturated heterocycles. The average Bonchev–Trinajstić information content (AvgIpc) is 2.68. The van der Waals surface area contributed by atoms with Gasteiger partial charge in [0.25, 0.3) is 10.0 Å². The van der Waals surface area contributed by atoms with Crippen LogP contribution < -0.4 is 10.0 Å².